The summed E-state index contributed by atoms with van der Waals surface area (Å²) in [5.74, 6) is -3.28. The molecule has 0 spiro atoms. The maximum Gasteiger partial charge on any atom is 0.198 e. The number of carbonyl (C=O) groups is 3. The van der Waals surface area contributed by atoms with Gasteiger partial charge in [0.1, 0.15) is 5.60 Å². The van der Waals surface area contributed by atoms with Crippen molar-refractivity contribution in [3.8, 4) is 11.5 Å². The van der Waals surface area contributed by atoms with Crippen LogP contribution in [-0.4, -0.2) is 67.9 Å². The summed E-state index contributed by atoms with van der Waals surface area (Å²) in [4.78, 5) is 39.4. The Labute approximate surface area is 206 Å². The number of aliphatic hydroxyl groups is 2. The molecule has 10 heteroatoms. The minimum absolute atomic E-state index is 0.00588. The number of aliphatic hydroxyl groups excluding tert-OH is 1. The van der Waals surface area contributed by atoms with Crippen LogP contribution < -0.4 is 5.73 Å². The van der Waals surface area contributed by atoms with Gasteiger partial charge in [-0.2, -0.15) is 0 Å². The van der Waals surface area contributed by atoms with Crippen LogP contribution in [0.25, 0.3) is 0 Å². The van der Waals surface area contributed by atoms with Crippen LogP contribution in [-0.2, 0) is 20.7 Å². The maximum absolute atomic E-state index is 13.6. The molecule has 36 heavy (non-hydrogen) atoms. The third-order valence-electron chi connectivity index (χ3n) is 7.50. The molecule has 0 saturated carbocycles. The van der Waals surface area contributed by atoms with E-state index in [-0.39, 0.29) is 52.6 Å². The van der Waals surface area contributed by atoms with Crippen LogP contribution in [0.2, 0.25) is 0 Å². The molecule has 0 aromatic heterocycles. The van der Waals surface area contributed by atoms with Gasteiger partial charge in [0.15, 0.2) is 35.1 Å². The number of phenols is 2. The summed E-state index contributed by atoms with van der Waals surface area (Å²) in [7, 11) is 0. The highest BCUT2D eigenvalue weighted by Gasteiger charge is 2.49. The molecule has 6 N–H and O–H groups in total. The Hall–Kier alpha value is -3.15. The quantitative estimate of drug-likeness (QED) is 0.328. The smallest absolute Gasteiger partial charge is 0.198 e. The lowest BCUT2D eigenvalue weighted by molar-refractivity contribution is -0.247. The molecule has 0 radical (unpaired) electrons. The minimum Gasteiger partial charge on any atom is -0.504 e. The third kappa shape index (κ3) is 3.56. The summed E-state index contributed by atoms with van der Waals surface area (Å²) in [6.45, 7) is 2.81. The first-order valence-electron chi connectivity index (χ1n) is 11.7. The number of benzene rings is 2. The number of ketones is 3. The van der Waals surface area contributed by atoms with Gasteiger partial charge in [0, 0.05) is 47.6 Å². The van der Waals surface area contributed by atoms with Crippen LogP contribution in [0.4, 0.5) is 0 Å². The fourth-order valence-corrected chi connectivity index (χ4v) is 5.46. The Morgan fingerprint density at radius 3 is 2.31 bits per heavy atom. The van der Waals surface area contributed by atoms with Crippen LogP contribution in [0.3, 0.4) is 0 Å². The highest BCUT2D eigenvalue weighted by atomic mass is 16.7. The van der Waals surface area contributed by atoms with Gasteiger partial charge in [-0.3, -0.25) is 14.4 Å². The monoisotopic (exact) mass is 497 g/mol. The van der Waals surface area contributed by atoms with E-state index in [2.05, 4.69) is 0 Å². The maximum atomic E-state index is 13.6. The Morgan fingerprint density at radius 2 is 1.72 bits per heavy atom. The fourth-order valence-electron chi connectivity index (χ4n) is 5.46. The standard InChI is InChI=1S/C26H27NO9/c1-10-21(29)15(27)7-17(35-10)36-16-9-26(34,11(2)28)8-14-18(16)24(32)25(33)20-19(14)22(30)12-5-3-4-6-13(12)23(20)31/h3-6,10,15-17,21,29,32-34H,7-9,27H2,1-2H3/t10?,15?,16-,17?,21?,26-/m1/s1. The first-order chi connectivity index (χ1) is 16.9. The van der Waals surface area contributed by atoms with Crippen molar-refractivity contribution in [3.05, 3.63) is 57.6 Å². The average molecular weight is 498 g/mol. The van der Waals surface area contributed by atoms with Crippen LogP contribution in [0.5, 0.6) is 11.5 Å². The van der Waals surface area contributed by atoms with Crippen molar-refractivity contribution in [2.24, 2.45) is 5.73 Å². The predicted molar refractivity (Wildman–Crippen MR) is 124 cm³/mol. The van der Waals surface area contributed by atoms with Gasteiger partial charge in [0.2, 0.25) is 0 Å². The van der Waals surface area contributed by atoms with E-state index in [0.717, 1.165) is 0 Å². The molecule has 2 aromatic carbocycles. The lowest BCUT2D eigenvalue weighted by atomic mass is 9.70. The second kappa shape index (κ2) is 8.46. The lowest BCUT2D eigenvalue weighted by Crippen LogP contribution is -2.52. The molecule has 3 aliphatic rings. The Morgan fingerprint density at radius 1 is 1.11 bits per heavy atom. The molecule has 10 nitrogen and oxygen atoms in total. The van der Waals surface area contributed by atoms with Crippen molar-refractivity contribution in [2.75, 3.05) is 0 Å². The van der Waals surface area contributed by atoms with Crippen molar-refractivity contribution >= 4 is 17.3 Å². The Bertz CT molecular complexity index is 1290. The second-order valence-corrected chi connectivity index (χ2v) is 9.80. The summed E-state index contributed by atoms with van der Waals surface area (Å²) in [5, 5.41) is 43.3. The summed E-state index contributed by atoms with van der Waals surface area (Å²) < 4.78 is 11.8. The van der Waals surface area contributed by atoms with Crippen LogP contribution in [0.1, 0.15) is 75.8 Å². The second-order valence-electron chi connectivity index (χ2n) is 9.80. The molecule has 6 atom stereocenters. The average Bonchev–Trinajstić information content (AvgIpc) is 2.82. The van der Waals surface area contributed by atoms with Crippen molar-refractivity contribution in [1.82, 2.24) is 0 Å². The normalized spacial score (nSPS) is 31.4. The number of carbonyl (C=O) groups excluding carboxylic acids is 3. The van der Waals surface area contributed by atoms with Gasteiger partial charge in [-0.05, 0) is 19.4 Å². The van der Waals surface area contributed by atoms with E-state index in [0.29, 0.717) is 0 Å². The zero-order chi connectivity index (χ0) is 26.1. The van der Waals surface area contributed by atoms with E-state index >= 15 is 0 Å². The summed E-state index contributed by atoms with van der Waals surface area (Å²) >= 11 is 0. The van der Waals surface area contributed by atoms with Crippen molar-refractivity contribution in [3.63, 3.8) is 0 Å². The molecule has 0 amide bonds. The number of hydrogen-bond acceptors (Lipinski definition) is 10. The van der Waals surface area contributed by atoms with E-state index in [9.17, 15) is 34.8 Å². The highest BCUT2D eigenvalue weighted by Crippen LogP contribution is 2.52. The summed E-state index contributed by atoms with van der Waals surface area (Å²) in [6, 6.07) is 5.43. The number of hydrogen-bond donors (Lipinski definition) is 5. The van der Waals surface area contributed by atoms with E-state index in [1.807, 2.05) is 0 Å². The molecular weight excluding hydrogens is 470 g/mol. The Kier molecular flexibility index (Phi) is 5.77. The van der Waals surface area contributed by atoms with E-state index in [1.165, 1.54) is 19.1 Å². The largest absolute Gasteiger partial charge is 0.504 e. The fraction of sp³-hybridized carbons (Fsp3) is 0.423. The van der Waals surface area contributed by atoms with Crippen LogP contribution in [0, 0.1) is 0 Å². The van der Waals surface area contributed by atoms with Crippen molar-refractivity contribution < 1.29 is 44.3 Å². The number of aromatic hydroxyl groups is 2. The van der Waals surface area contributed by atoms with Gasteiger partial charge in [-0.1, -0.05) is 24.3 Å². The van der Waals surface area contributed by atoms with Gasteiger partial charge < -0.3 is 35.6 Å². The van der Waals surface area contributed by atoms with Gasteiger partial charge in [0.25, 0.3) is 0 Å². The van der Waals surface area contributed by atoms with Crippen molar-refractivity contribution in [1.29, 1.82) is 0 Å². The van der Waals surface area contributed by atoms with Gasteiger partial charge >= 0.3 is 0 Å². The topological polar surface area (TPSA) is 177 Å². The number of phenolic OH excluding ortho intramolecular Hbond substituents is 2. The zero-order valence-electron chi connectivity index (χ0n) is 19.7. The predicted octanol–water partition coefficient (Wildman–Crippen LogP) is 1.02. The number of fused-ring (bicyclic) bond motifs is 4. The van der Waals surface area contributed by atoms with Gasteiger partial charge in [-0.25, -0.2) is 0 Å². The van der Waals surface area contributed by atoms with Crippen LogP contribution in [0.15, 0.2) is 24.3 Å². The first-order valence-corrected chi connectivity index (χ1v) is 11.7. The molecule has 4 unspecified atom stereocenters. The SMILES string of the molecule is CC(=O)[C@@]1(O)Cc2c3c(c(O)c(O)c2[C@H](OC2CC(N)C(O)C(C)O2)C1)C(=O)c1ccccc1C3=O. The molecule has 0 bridgehead atoms. The van der Waals surface area contributed by atoms with Crippen LogP contribution >= 0.6 is 0 Å². The molecule has 1 aliphatic heterocycles. The van der Waals surface area contributed by atoms with E-state index < -0.39 is 65.1 Å². The highest BCUT2D eigenvalue weighted by molar-refractivity contribution is 6.30. The number of rotatable bonds is 3. The molecule has 2 aromatic rings. The third-order valence-corrected chi connectivity index (χ3v) is 7.50. The number of ether oxygens (including phenoxy) is 2. The summed E-state index contributed by atoms with van der Waals surface area (Å²) in [6.07, 6.45) is -4.35. The lowest BCUT2D eigenvalue weighted by Gasteiger charge is -2.42. The van der Waals surface area contributed by atoms with E-state index in [4.69, 9.17) is 15.2 Å². The number of Topliss-reactive ketones (excluding diaryl/α,β-unsaturated/α-hetero) is 1. The molecular formula is C26H27NO9. The molecule has 1 fully saturated rings. The number of nitrogens with two attached hydrogens (primary N) is 1. The Balaban J connectivity index is 1.68. The van der Waals surface area contributed by atoms with Gasteiger partial charge in [0.05, 0.1) is 23.9 Å². The molecule has 5 rings (SSSR count). The molecule has 2 aliphatic carbocycles. The van der Waals surface area contributed by atoms with Crippen molar-refractivity contribution in [2.45, 2.75) is 69.4 Å². The molecule has 1 heterocycles. The summed E-state index contributed by atoms with van der Waals surface area (Å²) in [5.41, 5.74) is 3.70. The first kappa shape index (κ1) is 24.5. The van der Waals surface area contributed by atoms with E-state index in [1.54, 1.807) is 19.1 Å². The molecule has 1 saturated heterocycles. The zero-order valence-corrected chi connectivity index (χ0v) is 19.7. The minimum atomic E-state index is -1.98. The molecule has 190 valence electrons. The van der Waals surface area contributed by atoms with Gasteiger partial charge in [-0.15, -0.1) is 0 Å².